The van der Waals surface area contributed by atoms with Gasteiger partial charge >= 0.3 is 5.97 Å². The summed E-state index contributed by atoms with van der Waals surface area (Å²) >= 11 is 0. The van der Waals surface area contributed by atoms with Crippen LogP contribution in [-0.4, -0.2) is 18.6 Å². The highest BCUT2D eigenvalue weighted by Gasteiger charge is 2.43. The number of carbonyl (C=O) groups is 1. The van der Waals surface area contributed by atoms with Crippen molar-refractivity contribution in [2.24, 2.45) is 0 Å². The van der Waals surface area contributed by atoms with Crippen molar-refractivity contribution in [3.8, 4) is 0 Å². The van der Waals surface area contributed by atoms with Crippen molar-refractivity contribution in [2.75, 3.05) is 6.61 Å². The van der Waals surface area contributed by atoms with E-state index >= 15 is 0 Å². The van der Waals surface area contributed by atoms with Gasteiger partial charge in [0.05, 0.1) is 6.61 Å². The zero-order chi connectivity index (χ0) is 13.0. The maximum atomic E-state index is 12.4. The molecule has 1 unspecified atom stereocenters. The molecule has 1 aromatic rings. The van der Waals surface area contributed by atoms with Crippen LogP contribution < -0.4 is 5.32 Å². The van der Waals surface area contributed by atoms with Gasteiger partial charge in [-0.3, -0.25) is 5.32 Å². The van der Waals surface area contributed by atoms with Crippen LogP contribution in [0.3, 0.4) is 0 Å². The number of nitrogens with one attached hydrogen (secondary N) is 1. The molecule has 3 nitrogen and oxygen atoms in total. The Balaban J connectivity index is 2.32. The van der Waals surface area contributed by atoms with Crippen LogP contribution >= 0.6 is 0 Å². The molecule has 0 amide bonds. The van der Waals surface area contributed by atoms with Gasteiger partial charge in [-0.25, -0.2) is 4.79 Å². The van der Waals surface area contributed by atoms with Gasteiger partial charge in [0, 0.05) is 6.04 Å². The van der Waals surface area contributed by atoms with Gasteiger partial charge in [0.25, 0.3) is 0 Å². The van der Waals surface area contributed by atoms with E-state index < -0.39 is 5.54 Å². The maximum Gasteiger partial charge on any atom is 0.330 e. The number of ether oxygens (including phenoxy) is 1. The fourth-order valence-corrected chi connectivity index (χ4v) is 2.26. The molecular weight excluding hydrogens is 226 g/mol. The van der Waals surface area contributed by atoms with Gasteiger partial charge in [0.1, 0.15) is 5.54 Å². The Labute approximate surface area is 109 Å². The first-order valence-electron chi connectivity index (χ1n) is 6.73. The van der Waals surface area contributed by atoms with Crippen LogP contribution in [0, 0.1) is 0 Å². The average molecular weight is 247 g/mol. The Morgan fingerprint density at radius 1 is 1.33 bits per heavy atom. The minimum atomic E-state index is -0.682. The highest BCUT2D eigenvalue weighted by molar-refractivity contribution is 5.82. The van der Waals surface area contributed by atoms with Gasteiger partial charge in [0.15, 0.2) is 0 Å². The predicted molar refractivity (Wildman–Crippen MR) is 71.2 cm³/mol. The van der Waals surface area contributed by atoms with Crippen LogP contribution in [0.5, 0.6) is 0 Å². The summed E-state index contributed by atoms with van der Waals surface area (Å²) in [6, 6.07) is 10.3. The third-order valence-electron chi connectivity index (χ3n) is 3.45. The van der Waals surface area contributed by atoms with E-state index in [9.17, 15) is 4.79 Å². The smallest absolute Gasteiger partial charge is 0.330 e. The van der Waals surface area contributed by atoms with Crippen molar-refractivity contribution in [3.63, 3.8) is 0 Å². The molecule has 0 aliphatic heterocycles. The molecule has 1 fully saturated rings. The lowest BCUT2D eigenvalue weighted by Gasteiger charge is -2.32. The van der Waals surface area contributed by atoms with E-state index in [4.69, 9.17) is 4.74 Å². The Morgan fingerprint density at radius 2 is 2.00 bits per heavy atom. The Bertz CT molecular complexity index is 400. The van der Waals surface area contributed by atoms with E-state index in [2.05, 4.69) is 5.32 Å². The SMILES string of the molecule is CCOC(=O)C(CC)(NC1CC1)c1ccccc1. The predicted octanol–water partition coefficient (Wildman–Crippen LogP) is 2.61. The summed E-state index contributed by atoms with van der Waals surface area (Å²) in [5.74, 6) is -0.161. The number of hydrogen-bond acceptors (Lipinski definition) is 3. The monoisotopic (exact) mass is 247 g/mol. The van der Waals surface area contributed by atoms with E-state index in [1.54, 1.807) is 0 Å². The van der Waals surface area contributed by atoms with E-state index in [0.717, 1.165) is 18.4 Å². The molecule has 3 heteroatoms. The summed E-state index contributed by atoms with van der Waals surface area (Å²) in [5.41, 5.74) is 0.316. The molecule has 98 valence electrons. The number of benzene rings is 1. The van der Waals surface area contributed by atoms with Gasteiger partial charge in [-0.05, 0) is 31.7 Å². The number of carbonyl (C=O) groups excluding carboxylic acids is 1. The van der Waals surface area contributed by atoms with Gasteiger partial charge < -0.3 is 4.74 Å². The summed E-state index contributed by atoms with van der Waals surface area (Å²) in [6.45, 7) is 4.29. The summed E-state index contributed by atoms with van der Waals surface area (Å²) in [4.78, 5) is 12.4. The lowest BCUT2D eigenvalue weighted by atomic mass is 9.87. The fourth-order valence-electron chi connectivity index (χ4n) is 2.26. The summed E-state index contributed by atoms with van der Waals surface area (Å²) < 4.78 is 5.28. The molecule has 0 saturated heterocycles. The number of esters is 1. The van der Waals surface area contributed by atoms with Gasteiger partial charge in [-0.2, -0.15) is 0 Å². The molecule has 1 atom stereocenters. The van der Waals surface area contributed by atoms with E-state index in [-0.39, 0.29) is 5.97 Å². The fraction of sp³-hybridized carbons (Fsp3) is 0.533. The zero-order valence-corrected chi connectivity index (χ0v) is 11.1. The minimum absolute atomic E-state index is 0.161. The van der Waals surface area contributed by atoms with Gasteiger partial charge in [-0.1, -0.05) is 37.3 Å². The topological polar surface area (TPSA) is 38.3 Å². The molecule has 1 N–H and O–H groups in total. The van der Waals surface area contributed by atoms with E-state index in [1.807, 2.05) is 44.2 Å². The van der Waals surface area contributed by atoms with E-state index in [1.165, 1.54) is 0 Å². The van der Waals surface area contributed by atoms with Crippen LogP contribution in [0.1, 0.15) is 38.7 Å². The number of hydrogen-bond donors (Lipinski definition) is 1. The second kappa shape index (κ2) is 5.53. The number of rotatable bonds is 6. The second-order valence-electron chi connectivity index (χ2n) is 4.76. The third kappa shape index (κ3) is 2.56. The largest absolute Gasteiger partial charge is 0.464 e. The summed E-state index contributed by atoms with van der Waals surface area (Å²) in [5, 5.41) is 3.48. The van der Waals surface area contributed by atoms with Gasteiger partial charge in [0.2, 0.25) is 0 Å². The molecule has 1 saturated carbocycles. The van der Waals surface area contributed by atoms with Crippen molar-refractivity contribution >= 4 is 5.97 Å². The first kappa shape index (κ1) is 13.1. The zero-order valence-electron chi connectivity index (χ0n) is 11.1. The normalized spacial score (nSPS) is 18.1. The average Bonchev–Trinajstić information content (AvgIpc) is 3.21. The molecule has 0 aromatic heterocycles. The molecule has 18 heavy (non-hydrogen) atoms. The first-order valence-corrected chi connectivity index (χ1v) is 6.73. The third-order valence-corrected chi connectivity index (χ3v) is 3.45. The summed E-state index contributed by atoms with van der Waals surface area (Å²) in [7, 11) is 0. The van der Waals surface area contributed by atoms with Crippen LogP contribution in [0.2, 0.25) is 0 Å². The summed E-state index contributed by atoms with van der Waals surface area (Å²) in [6.07, 6.45) is 2.99. The quantitative estimate of drug-likeness (QED) is 0.785. The van der Waals surface area contributed by atoms with Crippen molar-refractivity contribution in [1.29, 1.82) is 0 Å². The molecule has 0 bridgehead atoms. The Kier molecular flexibility index (Phi) is 4.02. The van der Waals surface area contributed by atoms with Crippen molar-refractivity contribution < 1.29 is 9.53 Å². The standard InChI is InChI=1S/C15H21NO2/c1-3-15(14(17)18-4-2,16-13-10-11-13)12-8-6-5-7-9-12/h5-9,13,16H,3-4,10-11H2,1-2H3. The maximum absolute atomic E-state index is 12.4. The van der Waals surface area contributed by atoms with Crippen LogP contribution in [0.25, 0.3) is 0 Å². The lowest BCUT2D eigenvalue weighted by Crippen LogP contribution is -2.50. The Morgan fingerprint density at radius 3 is 2.50 bits per heavy atom. The van der Waals surface area contributed by atoms with Crippen molar-refractivity contribution in [3.05, 3.63) is 35.9 Å². The highest BCUT2D eigenvalue weighted by atomic mass is 16.5. The molecular formula is C15H21NO2. The van der Waals surface area contributed by atoms with Crippen LogP contribution in [0.4, 0.5) is 0 Å². The van der Waals surface area contributed by atoms with Crippen LogP contribution in [-0.2, 0) is 15.1 Å². The Hall–Kier alpha value is -1.35. The molecule has 0 spiro atoms. The molecule has 1 aromatic carbocycles. The van der Waals surface area contributed by atoms with Crippen molar-refractivity contribution in [2.45, 2.75) is 44.7 Å². The molecule has 1 aliphatic carbocycles. The molecule has 1 aliphatic rings. The van der Waals surface area contributed by atoms with E-state index in [0.29, 0.717) is 19.1 Å². The van der Waals surface area contributed by atoms with Crippen LogP contribution in [0.15, 0.2) is 30.3 Å². The minimum Gasteiger partial charge on any atom is -0.464 e. The highest BCUT2D eigenvalue weighted by Crippen LogP contribution is 2.32. The van der Waals surface area contributed by atoms with Gasteiger partial charge in [-0.15, -0.1) is 0 Å². The second-order valence-corrected chi connectivity index (χ2v) is 4.76. The lowest BCUT2D eigenvalue weighted by molar-refractivity contribution is -0.152. The van der Waals surface area contributed by atoms with Crippen molar-refractivity contribution in [1.82, 2.24) is 5.32 Å². The molecule has 0 radical (unpaired) electrons. The first-order chi connectivity index (χ1) is 8.73. The molecule has 2 rings (SSSR count). The molecule has 0 heterocycles.